The Balaban J connectivity index is 1.38. The predicted molar refractivity (Wildman–Crippen MR) is 148 cm³/mol. The van der Waals surface area contributed by atoms with Gasteiger partial charge in [0, 0.05) is 49.0 Å². The number of nitrogens with zero attached hydrogens (tertiary/aromatic N) is 6. The highest BCUT2D eigenvalue weighted by Gasteiger charge is 2.33. The van der Waals surface area contributed by atoms with E-state index in [9.17, 15) is 4.79 Å². The number of aromatic amines is 1. The SMILES string of the molecule is COc1cccc(N2CCN([C@@H](c3cc4cc(C)c(C)cc4[nH]c3=O)c3nnnn3Cc3ccco3)CC2)c1. The van der Waals surface area contributed by atoms with Crippen LogP contribution in [-0.2, 0) is 6.54 Å². The van der Waals surface area contributed by atoms with Crippen LogP contribution in [0, 0.1) is 13.8 Å². The molecule has 6 rings (SSSR count). The number of hydrogen-bond donors (Lipinski definition) is 1. The number of anilines is 1. The fourth-order valence-corrected chi connectivity index (χ4v) is 5.31. The summed E-state index contributed by atoms with van der Waals surface area (Å²) < 4.78 is 12.7. The molecule has 39 heavy (non-hydrogen) atoms. The van der Waals surface area contributed by atoms with Crippen LogP contribution in [0.15, 0.2) is 70.1 Å². The van der Waals surface area contributed by atoms with Crippen molar-refractivity contribution in [3.05, 3.63) is 99.5 Å². The predicted octanol–water partition coefficient (Wildman–Crippen LogP) is 3.69. The van der Waals surface area contributed by atoms with Gasteiger partial charge in [0.2, 0.25) is 0 Å². The molecule has 1 aliphatic rings. The van der Waals surface area contributed by atoms with Crippen molar-refractivity contribution in [2.45, 2.75) is 26.4 Å². The van der Waals surface area contributed by atoms with Crippen molar-refractivity contribution in [2.24, 2.45) is 0 Å². The number of rotatable bonds is 7. The quantitative estimate of drug-likeness (QED) is 0.343. The Morgan fingerprint density at radius 2 is 1.85 bits per heavy atom. The largest absolute Gasteiger partial charge is 0.497 e. The summed E-state index contributed by atoms with van der Waals surface area (Å²) in [6.07, 6.45) is 1.63. The molecule has 0 aliphatic carbocycles. The molecule has 1 fully saturated rings. The molecule has 0 unspecified atom stereocenters. The zero-order valence-corrected chi connectivity index (χ0v) is 22.3. The van der Waals surface area contributed by atoms with Gasteiger partial charge >= 0.3 is 0 Å². The number of aryl methyl sites for hydroxylation is 2. The summed E-state index contributed by atoms with van der Waals surface area (Å²) in [5.74, 6) is 2.18. The molecule has 0 radical (unpaired) electrons. The van der Waals surface area contributed by atoms with Crippen LogP contribution in [0.4, 0.5) is 5.69 Å². The van der Waals surface area contributed by atoms with E-state index in [1.807, 2.05) is 43.3 Å². The number of hydrogen-bond acceptors (Lipinski definition) is 8. The maximum Gasteiger partial charge on any atom is 0.253 e. The molecule has 0 saturated carbocycles. The monoisotopic (exact) mass is 525 g/mol. The summed E-state index contributed by atoms with van der Waals surface area (Å²) in [5.41, 5.74) is 4.73. The van der Waals surface area contributed by atoms with E-state index in [1.54, 1.807) is 18.1 Å². The number of pyridine rings is 1. The fourth-order valence-electron chi connectivity index (χ4n) is 5.31. The zero-order chi connectivity index (χ0) is 26.9. The molecule has 5 aromatic rings. The van der Waals surface area contributed by atoms with Gasteiger partial charge in [-0.05, 0) is 83.3 Å². The summed E-state index contributed by atoms with van der Waals surface area (Å²) in [5, 5.41) is 13.7. The highest BCUT2D eigenvalue weighted by molar-refractivity contribution is 5.81. The van der Waals surface area contributed by atoms with Gasteiger partial charge < -0.3 is 19.0 Å². The average molecular weight is 526 g/mol. The van der Waals surface area contributed by atoms with Crippen LogP contribution in [0.1, 0.15) is 34.3 Å². The van der Waals surface area contributed by atoms with E-state index in [0.29, 0.717) is 17.9 Å². The van der Waals surface area contributed by atoms with Gasteiger partial charge in [-0.15, -0.1) is 5.10 Å². The number of nitrogens with one attached hydrogen (secondary N) is 1. The maximum absolute atomic E-state index is 13.6. The highest BCUT2D eigenvalue weighted by atomic mass is 16.5. The molecule has 0 bridgehead atoms. The molecule has 1 N–H and O–H groups in total. The van der Waals surface area contributed by atoms with Gasteiger partial charge in [0.05, 0.1) is 13.4 Å². The molecule has 1 atom stereocenters. The van der Waals surface area contributed by atoms with E-state index >= 15 is 0 Å². The van der Waals surface area contributed by atoms with Gasteiger partial charge in [-0.25, -0.2) is 4.68 Å². The summed E-state index contributed by atoms with van der Waals surface area (Å²) in [4.78, 5) is 21.3. The van der Waals surface area contributed by atoms with E-state index in [0.717, 1.165) is 59.8 Å². The van der Waals surface area contributed by atoms with E-state index in [2.05, 4.69) is 55.4 Å². The average Bonchev–Trinajstić information content (AvgIpc) is 3.64. The van der Waals surface area contributed by atoms with Gasteiger partial charge in [0.1, 0.15) is 24.1 Å². The van der Waals surface area contributed by atoms with Crippen molar-refractivity contribution in [3.63, 3.8) is 0 Å². The molecule has 0 spiro atoms. The second-order valence-corrected chi connectivity index (χ2v) is 9.98. The van der Waals surface area contributed by atoms with Gasteiger partial charge in [0.15, 0.2) is 5.82 Å². The van der Waals surface area contributed by atoms with Crippen LogP contribution in [0.2, 0.25) is 0 Å². The van der Waals surface area contributed by atoms with Crippen LogP contribution in [0.5, 0.6) is 5.75 Å². The van der Waals surface area contributed by atoms with Gasteiger partial charge in [-0.1, -0.05) is 6.07 Å². The second kappa shape index (κ2) is 10.4. The minimum Gasteiger partial charge on any atom is -0.497 e. The molecule has 1 saturated heterocycles. The third-order valence-electron chi connectivity index (χ3n) is 7.57. The van der Waals surface area contributed by atoms with Crippen LogP contribution in [-0.4, -0.2) is 63.4 Å². The second-order valence-electron chi connectivity index (χ2n) is 9.98. The van der Waals surface area contributed by atoms with Crippen LogP contribution in [0.3, 0.4) is 0 Å². The van der Waals surface area contributed by atoms with Gasteiger partial charge in [-0.3, -0.25) is 9.69 Å². The number of ether oxygens (including phenoxy) is 1. The van der Waals surface area contributed by atoms with Crippen molar-refractivity contribution >= 4 is 16.6 Å². The van der Waals surface area contributed by atoms with Crippen molar-refractivity contribution < 1.29 is 9.15 Å². The number of tetrazole rings is 1. The van der Waals surface area contributed by atoms with Crippen LogP contribution in [0.25, 0.3) is 10.9 Å². The minimum atomic E-state index is -0.433. The van der Waals surface area contributed by atoms with E-state index < -0.39 is 6.04 Å². The molecule has 10 nitrogen and oxygen atoms in total. The Bertz CT molecular complexity index is 1650. The Kier molecular flexibility index (Phi) is 6.62. The molecule has 200 valence electrons. The molecule has 10 heteroatoms. The van der Waals surface area contributed by atoms with Crippen molar-refractivity contribution in [1.29, 1.82) is 0 Å². The Labute approximate surface area is 225 Å². The molecule has 3 aromatic heterocycles. The number of H-pyrrole nitrogens is 1. The third kappa shape index (κ3) is 4.90. The standard InChI is InChI=1S/C29H31N7O3/c1-19-14-21-16-25(29(37)30-26(21)15-20(19)2)27(28-31-32-33-36(28)18-24-8-5-13-39-24)35-11-9-34(10-12-35)22-6-4-7-23(17-22)38-3/h4-8,13-17,27H,9-12,18H2,1-3H3,(H,30,37)/t27-/m0/s1. The molecule has 4 heterocycles. The highest BCUT2D eigenvalue weighted by Crippen LogP contribution is 2.30. The summed E-state index contributed by atoms with van der Waals surface area (Å²) in [7, 11) is 1.68. The Hall–Kier alpha value is -4.44. The summed E-state index contributed by atoms with van der Waals surface area (Å²) >= 11 is 0. The first-order valence-electron chi connectivity index (χ1n) is 13.1. The summed E-state index contributed by atoms with van der Waals surface area (Å²) in [6, 6.07) is 17.5. The number of methoxy groups -OCH3 is 1. The minimum absolute atomic E-state index is 0.140. The van der Waals surface area contributed by atoms with E-state index in [4.69, 9.17) is 9.15 Å². The first-order chi connectivity index (χ1) is 19.0. The first-order valence-corrected chi connectivity index (χ1v) is 13.1. The number of piperazine rings is 1. The smallest absolute Gasteiger partial charge is 0.253 e. The lowest BCUT2D eigenvalue weighted by molar-refractivity contribution is 0.200. The van der Waals surface area contributed by atoms with Crippen molar-refractivity contribution in [1.82, 2.24) is 30.1 Å². The van der Waals surface area contributed by atoms with Gasteiger partial charge in [0.25, 0.3) is 5.56 Å². The lowest BCUT2D eigenvalue weighted by Gasteiger charge is -2.39. The maximum atomic E-state index is 13.6. The molecular formula is C29H31N7O3. The van der Waals surface area contributed by atoms with Crippen molar-refractivity contribution in [3.8, 4) is 5.75 Å². The van der Waals surface area contributed by atoms with E-state index in [1.165, 1.54) is 5.56 Å². The van der Waals surface area contributed by atoms with Crippen LogP contribution >= 0.6 is 0 Å². The molecule has 1 aliphatic heterocycles. The number of aromatic nitrogens is 5. The molecular weight excluding hydrogens is 494 g/mol. The lowest BCUT2D eigenvalue weighted by Crippen LogP contribution is -2.49. The van der Waals surface area contributed by atoms with Crippen molar-refractivity contribution in [2.75, 3.05) is 38.2 Å². The van der Waals surface area contributed by atoms with Crippen LogP contribution < -0.4 is 15.2 Å². The number of benzene rings is 2. The summed E-state index contributed by atoms with van der Waals surface area (Å²) in [6.45, 7) is 7.52. The zero-order valence-electron chi connectivity index (χ0n) is 22.3. The third-order valence-corrected chi connectivity index (χ3v) is 7.57. The molecule has 0 amide bonds. The molecule has 2 aromatic carbocycles. The fraction of sp³-hybridized carbons (Fsp3) is 0.310. The van der Waals surface area contributed by atoms with E-state index in [-0.39, 0.29) is 5.56 Å². The lowest BCUT2D eigenvalue weighted by atomic mass is 10.00. The first kappa shape index (κ1) is 24.9. The number of fused-ring (bicyclic) bond motifs is 1. The van der Waals surface area contributed by atoms with Gasteiger partial charge in [-0.2, -0.15) is 0 Å². The Morgan fingerprint density at radius 1 is 1.03 bits per heavy atom. The Morgan fingerprint density at radius 3 is 2.62 bits per heavy atom. The normalized spacial score (nSPS) is 15.1. The number of furan rings is 1. The topological polar surface area (TPSA) is 105 Å².